The van der Waals surface area contributed by atoms with Crippen molar-refractivity contribution in [2.75, 3.05) is 26.1 Å². The number of thioether (sulfide) groups is 1. The molecule has 2 aromatic rings. The minimum Gasteiger partial charge on any atom is -0.491 e. The Bertz CT molecular complexity index is 965. The summed E-state index contributed by atoms with van der Waals surface area (Å²) >= 11 is 1.61. The van der Waals surface area contributed by atoms with E-state index in [2.05, 4.69) is 6.07 Å². The van der Waals surface area contributed by atoms with Crippen LogP contribution in [-0.2, 0) is 20.5 Å². The molecule has 0 atom stereocenters. The van der Waals surface area contributed by atoms with Crippen molar-refractivity contribution in [3.8, 4) is 5.75 Å². The average Bonchev–Trinajstić information content (AvgIpc) is 3.66. The van der Waals surface area contributed by atoms with Crippen LogP contribution in [0.3, 0.4) is 0 Å². The van der Waals surface area contributed by atoms with Gasteiger partial charge in [0.2, 0.25) is 0 Å². The molecule has 0 bridgehead atoms. The third-order valence-electron chi connectivity index (χ3n) is 7.01. The Kier molecular flexibility index (Phi) is 7.31. The number of hydrogen-bond donors (Lipinski definition) is 2. The van der Waals surface area contributed by atoms with Gasteiger partial charge < -0.3 is 19.7 Å². The summed E-state index contributed by atoms with van der Waals surface area (Å²) in [6.07, 6.45) is 6.21. The zero-order chi connectivity index (χ0) is 23.5. The quantitative estimate of drug-likeness (QED) is 0.465. The lowest BCUT2D eigenvalue weighted by Crippen LogP contribution is -2.46. The van der Waals surface area contributed by atoms with E-state index in [1.165, 1.54) is 25.0 Å². The third-order valence-corrected chi connectivity index (χ3v) is 7.72. The van der Waals surface area contributed by atoms with Gasteiger partial charge in [0.15, 0.2) is 0 Å². The van der Waals surface area contributed by atoms with Crippen molar-refractivity contribution in [1.29, 1.82) is 0 Å². The van der Waals surface area contributed by atoms with E-state index >= 15 is 0 Å². The second kappa shape index (κ2) is 10.0. The van der Waals surface area contributed by atoms with Gasteiger partial charge in [-0.05, 0) is 92.2 Å². The van der Waals surface area contributed by atoms with Crippen molar-refractivity contribution in [2.24, 2.45) is 5.92 Å². The number of ether oxygens (including phenoxy) is 2. The molecule has 0 amide bonds. The molecular weight excluding hydrogens is 443 g/mol. The Morgan fingerprint density at radius 2 is 1.79 bits per heavy atom. The van der Waals surface area contributed by atoms with E-state index in [1.54, 1.807) is 23.9 Å². The van der Waals surface area contributed by atoms with Crippen LogP contribution in [0.1, 0.15) is 49.7 Å². The van der Waals surface area contributed by atoms with Crippen LogP contribution in [0.4, 0.5) is 4.39 Å². The molecule has 0 unspecified atom stereocenters. The summed E-state index contributed by atoms with van der Waals surface area (Å²) < 4.78 is 25.8. The second-order valence-electron chi connectivity index (χ2n) is 9.11. The first kappa shape index (κ1) is 24.0. The molecule has 7 heteroatoms. The molecule has 0 saturated heterocycles. The second-order valence-corrected chi connectivity index (χ2v) is 9.99. The molecule has 2 N–H and O–H groups in total. The number of hydrogen-bond acceptors (Lipinski definition) is 5. The highest BCUT2D eigenvalue weighted by Crippen LogP contribution is 2.51. The van der Waals surface area contributed by atoms with E-state index in [9.17, 15) is 19.4 Å². The molecule has 2 saturated carbocycles. The van der Waals surface area contributed by atoms with E-state index in [0.29, 0.717) is 49.5 Å². The van der Waals surface area contributed by atoms with Crippen LogP contribution in [0.2, 0.25) is 0 Å². The topological polar surface area (TPSA) is 76.0 Å². The number of carboxylic acids is 1. The fraction of sp³-hybridized carbons (Fsp3) is 0.500. The van der Waals surface area contributed by atoms with E-state index in [1.807, 2.05) is 18.4 Å². The average molecular weight is 475 g/mol. The maximum atomic E-state index is 13.5. The number of carboxylic acid groups (broad SMARTS) is 1. The molecule has 178 valence electrons. The first-order valence-electron chi connectivity index (χ1n) is 11.5. The van der Waals surface area contributed by atoms with Crippen molar-refractivity contribution in [1.82, 2.24) is 0 Å². The summed E-state index contributed by atoms with van der Waals surface area (Å²) in [6, 6.07) is 11.9. The van der Waals surface area contributed by atoms with Crippen LogP contribution in [0, 0.1) is 11.7 Å². The summed E-state index contributed by atoms with van der Waals surface area (Å²) in [4.78, 5) is 13.5. The number of aliphatic hydroxyl groups excluding tert-OH is 1. The number of rotatable bonds is 10. The molecule has 2 aromatic carbocycles. The molecule has 0 heterocycles. The predicted molar refractivity (Wildman–Crippen MR) is 125 cm³/mol. The van der Waals surface area contributed by atoms with Crippen molar-refractivity contribution in [3.63, 3.8) is 0 Å². The fourth-order valence-corrected chi connectivity index (χ4v) is 5.23. The molecule has 2 fully saturated rings. The predicted octanol–water partition coefficient (Wildman–Crippen LogP) is 5.14. The number of benzene rings is 2. The fourth-order valence-electron chi connectivity index (χ4n) is 4.75. The smallest absolute Gasteiger partial charge is 0.314 e. The summed E-state index contributed by atoms with van der Waals surface area (Å²) in [5.74, 6) is -0.0101. The normalized spacial score (nSPS) is 25.1. The molecule has 0 aromatic heterocycles. The van der Waals surface area contributed by atoms with Gasteiger partial charge in [-0.2, -0.15) is 0 Å². The first-order chi connectivity index (χ1) is 15.9. The van der Waals surface area contributed by atoms with Gasteiger partial charge in [0, 0.05) is 4.90 Å². The van der Waals surface area contributed by atoms with Crippen LogP contribution in [0.15, 0.2) is 47.4 Å². The number of carbonyl (C=O) groups is 1. The highest BCUT2D eigenvalue weighted by Gasteiger charge is 2.50. The standard InChI is InChI=1S/C26H31FO5S/c1-33-23-15-20(14-22(16-23)31-13-12-28)26(32-17-18-2-3-18)10-8-25(9-11-26,24(29)30)19-4-6-21(27)7-5-19/h4-7,14-16,18,28H,2-3,8-13,17H2,1H3,(H,29,30)/t25-,26+. The van der Waals surface area contributed by atoms with E-state index in [4.69, 9.17) is 9.47 Å². The zero-order valence-corrected chi connectivity index (χ0v) is 19.7. The first-order valence-corrected chi connectivity index (χ1v) is 12.7. The van der Waals surface area contributed by atoms with Gasteiger partial charge in [-0.25, -0.2) is 4.39 Å². The molecule has 4 rings (SSSR count). The van der Waals surface area contributed by atoms with Crippen molar-refractivity contribution in [2.45, 2.75) is 54.4 Å². The Morgan fingerprint density at radius 3 is 2.36 bits per heavy atom. The van der Waals surface area contributed by atoms with Gasteiger partial charge in [0.25, 0.3) is 0 Å². The molecular formula is C26H31FO5S. The lowest BCUT2D eigenvalue weighted by Gasteiger charge is -2.45. The minimum absolute atomic E-state index is 0.0685. The lowest BCUT2D eigenvalue weighted by molar-refractivity contribution is -0.151. The van der Waals surface area contributed by atoms with Gasteiger partial charge in [-0.1, -0.05) is 12.1 Å². The Morgan fingerprint density at radius 1 is 1.09 bits per heavy atom. The van der Waals surface area contributed by atoms with Gasteiger partial charge in [-0.3, -0.25) is 4.79 Å². The molecule has 2 aliphatic carbocycles. The number of aliphatic hydroxyl groups is 1. The largest absolute Gasteiger partial charge is 0.491 e. The van der Waals surface area contributed by atoms with Crippen LogP contribution in [-0.4, -0.2) is 42.3 Å². The molecule has 0 radical (unpaired) electrons. The Balaban J connectivity index is 1.67. The van der Waals surface area contributed by atoms with Crippen molar-refractivity contribution < 1.29 is 28.9 Å². The van der Waals surface area contributed by atoms with Crippen LogP contribution < -0.4 is 4.74 Å². The number of aliphatic carboxylic acids is 1. The summed E-state index contributed by atoms with van der Waals surface area (Å²) in [7, 11) is 0. The van der Waals surface area contributed by atoms with E-state index < -0.39 is 17.0 Å². The van der Waals surface area contributed by atoms with Crippen LogP contribution in [0.5, 0.6) is 5.75 Å². The van der Waals surface area contributed by atoms with Crippen molar-refractivity contribution >= 4 is 17.7 Å². The SMILES string of the molecule is CSc1cc(OCCO)cc([C@]2(OCC3CC3)CC[C@](C(=O)O)(c3ccc(F)cc3)CC2)c1. The van der Waals surface area contributed by atoms with Gasteiger partial charge in [0.05, 0.1) is 24.2 Å². The summed E-state index contributed by atoms with van der Waals surface area (Å²) in [5.41, 5.74) is -0.0453. The molecule has 2 aliphatic rings. The Hall–Kier alpha value is -2.09. The van der Waals surface area contributed by atoms with E-state index in [0.717, 1.165) is 10.5 Å². The van der Waals surface area contributed by atoms with Gasteiger partial charge in [-0.15, -0.1) is 11.8 Å². The maximum Gasteiger partial charge on any atom is 0.314 e. The number of halogens is 1. The monoisotopic (exact) mass is 474 g/mol. The maximum absolute atomic E-state index is 13.5. The Labute approximate surface area is 198 Å². The summed E-state index contributed by atoms with van der Waals surface area (Å²) in [5, 5.41) is 19.4. The molecule has 33 heavy (non-hydrogen) atoms. The third kappa shape index (κ3) is 5.20. The van der Waals surface area contributed by atoms with Crippen LogP contribution in [0.25, 0.3) is 0 Å². The molecule has 5 nitrogen and oxygen atoms in total. The highest BCUT2D eigenvalue weighted by molar-refractivity contribution is 7.98. The molecule has 0 aliphatic heterocycles. The van der Waals surface area contributed by atoms with Gasteiger partial charge in [0.1, 0.15) is 18.2 Å². The van der Waals surface area contributed by atoms with E-state index in [-0.39, 0.29) is 19.0 Å². The van der Waals surface area contributed by atoms with Crippen LogP contribution >= 0.6 is 11.8 Å². The zero-order valence-electron chi connectivity index (χ0n) is 18.9. The van der Waals surface area contributed by atoms with Crippen molar-refractivity contribution in [3.05, 3.63) is 59.4 Å². The summed E-state index contributed by atoms with van der Waals surface area (Å²) in [6.45, 7) is 0.799. The van der Waals surface area contributed by atoms with Gasteiger partial charge >= 0.3 is 5.97 Å². The highest BCUT2D eigenvalue weighted by atomic mass is 32.2. The molecule has 0 spiro atoms. The minimum atomic E-state index is -1.06. The lowest BCUT2D eigenvalue weighted by atomic mass is 9.63.